The van der Waals surface area contributed by atoms with Crippen LogP contribution in [0.25, 0.3) is 0 Å². The highest BCUT2D eigenvalue weighted by atomic mass is 32.2. The van der Waals surface area contributed by atoms with Gasteiger partial charge >= 0.3 is 21.3 Å². The second-order valence-corrected chi connectivity index (χ2v) is 5.76. The van der Waals surface area contributed by atoms with Crippen molar-refractivity contribution in [1.29, 1.82) is 0 Å². The van der Waals surface area contributed by atoms with Crippen LogP contribution in [0, 0.1) is 10.1 Å². The Kier molecular flexibility index (Phi) is 5.44. The van der Waals surface area contributed by atoms with Crippen LogP contribution in [-0.2, 0) is 14.5 Å². The van der Waals surface area contributed by atoms with Crippen molar-refractivity contribution >= 4 is 33.1 Å². The number of nitro groups is 1. The molecular formula is C9H10N2O7S2. The number of ether oxygens (including phenoxy) is 1. The molecule has 20 heavy (non-hydrogen) atoms. The van der Waals surface area contributed by atoms with E-state index in [1.807, 2.05) is 0 Å². The zero-order valence-electron chi connectivity index (χ0n) is 10.1. The van der Waals surface area contributed by atoms with Crippen molar-refractivity contribution in [2.24, 2.45) is 5.14 Å². The minimum absolute atomic E-state index is 0.252. The van der Waals surface area contributed by atoms with Gasteiger partial charge in [-0.15, -0.1) is 0 Å². The van der Waals surface area contributed by atoms with Gasteiger partial charge < -0.3 is 4.74 Å². The SMILES string of the molecule is CC(OS(N)(=O)=O)SC(=O)Oc1ccccc1[N+](=O)[O-]. The van der Waals surface area contributed by atoms with Gasteiger partial charge in [-0.1, -0.05) is 12.1 Å². The molecule has 1 rings (SSSR count). The molecule has 11 heteroatoms. The van der Waals surface area contributed by atoms with Crippen LogP contribution in [0.3, 0.4) is 0 Å². The van der Waals surface area contributed by atoms with E-state index in [2.05, 4.69) is 9.32 Å². The predicted octanol–water partition coefficient (Wildman–Crippen LogP) is 1.39. The van der Waals surface area contributed by atoms with Gasteiger partial charge in [-0.25, -0.2) is 14.1 Å². The Morgan fingerprint density at radius 1 is 1.45 bits per heavy atom. The summed E-state index contributed by atoms with van der Waals surface area (Å²) in [5.41, 5.74) is -1.51. The lowest BCUT2D eigenvalue weighted by Crippen LogP contribution is -2.21. The van der Waals surface area contributed by atoms with Gasteiger partial charge in [0.25, 0.3) is 0 Å². The molecule has 0 aliphatic heterocycles. The summed E-state index contributed by atoms with van der Waals surface area (Å²) < 4.78 is 30.3. The zero-order valence-corrected chi connectivity index (χ0v) is 11.7. The molecule has 110 valence electrons. The van der Waals surface area contributed by atoms with E-state index in [0.29, 0.717) is 11.8 Å². The molecule has 1 atom stereocenters. The highest BCUT2D eigenvalue weighted by Crippen LogP contribution is 2.28. The molecule has 0 aliphatic carbocycles. The maximum absolute atomic E-state index is 11.5. The van der Waals surface area contributed by atoms with Crippen molar-refractivity contribution in [3.05, 3.63) is 34.4 Å². The van der Waals surface area contributed by atoms with Crippen LogP contribution in [0.1, 0.15) is 6.92 Å². The molecule has 1 aromatic carbocycles. The minimum atomic E-state index is -4.20. The quantitative estimate of drug-likeness (QED) is 0.371. The van der Waals surface area contributed by atoms with Crippen molar-refractivity contribution in [3.8, 4) is 5.75 Å². The summed E-state index contributed by atoms with van der Waals surface area (Å²) in [6.45, 7) is 1.26. The maximum atomic E-state index is 11.5. The van der Waals surface area contributed by atoms with Crippen molar-refractivity contribution in [1.82, 2.24) is 0 Å². The molecule has 0 aromatic heterocycles. The molecule has 0 amide bonds. The van der Waals surface area contributed by atoms with Gasteiger partial charge in [0, 0.05) is 6.07 Å². The van der Waals surface area contributed by atoms with Crippen LogP contribution in [-0.4, -0.2) is 24.1 Å². The van der Waals surface area contributed by atoms with Gasteiger partial charge in [0.05, 0.1) is 4.92 Å². The fraction of sp³-hybridized carbons (Fsp3) is 0.222. The van der Waals surface area contributed by atoms with Gasteiger partial charge in [-0.3, -0.25) is 10.1 Å². The summed E-state index contributed by atoms with van der Waals surface area (Å²) in [5, 5.41) is 14.4. The van der Waals surface area contributed by atoms with Crippen molar-refractivity contribution < 1.29 is 27.1 Å². The molecule has 9 nitrogen and oxygen atoms in total. The normalized spacial score (nSPS) is 12.7. The summed E-state index contributed by atoms with van der Waals surface area (Å²) in [6, 6.07) is 5.26. The Bertz CT molecular complexity index is 616. The maximum Gasteiger partial charge on any atom is 0.375 e. The van der Waals surface area contributed by atoms with E-state index in [1.165, 1.54) is 25.1 Å². The van der Waals surface area contributed by atoms with E-state index in [9.17, 15) is 23.3 Å². The lowest BCUT2D eigenvalue weighted by atomic mass is 10.3. The van der Waals surface area contributed by atoms with Gasteiger partial charge in [0.1, 0.15) is 5.44 Å². The first-order valence-electron chi connectivity index (χ1n) is 5.02. The minimum Gasteiger partial charge on any atom is -0.411 e. The number of hydrogen-bond donors (Lipinski definition) is 1. The van der Waals surface area contributed by atoms with Crippen LogP contribution in [0.2, 0.25) is 0 Å². The van der Waals surface area contributed by atoms with E-state index in [4.69, 9.17) is 4.74 Å². The van der Waals surface area contributed by atoms with Gasteiger partial charge in [-0.05, 0) is 24.8 Å². The van der Waals surface area contributed by atoms with E-state index >= 15 is 0 Å². The lowest BCUT2D eigenvalue weighted by molar-refractivity contribution is -0.385. The molecule has 0 bridgehead atoms. The van der Waals surface area contributed by atoms with E-state index < -0.39 is 26.0 Å². The van der Waals surface area contributed by atoms with Crippen molar-refractivity contribution in [3.63, 3.8) is 0 Å². The third kappa shape index (κ3) is 5.52. The smallest absolute Gasteiger partial charge is 0.375 e. The predicted molar refractivity (Wildman–Crippen MR) is 70.4 cm³/mol. The van der Waals surface area contributed by atoms with Crippen molar-refractivity contribution in [2.75, 3.05) is 0 Å². The van der Waals surface area contributed by atoms with E-state index in [-0.39, 0.29) is 11.4 Å². The molecule has 0 saturated heterocycles. The molecule has 0 spiro atoms. The molecule has 1 aromatic rings. The van der Waals surface area contributed by atoms with E-state index in [0.717, 1.165) is 6.07 Å². The summed E-state index contributed by atoms with van der Waals surface area (Å²) in [7, 11) is -4.20. The third-order valence-electron chi connectivity index (χ3n) is 1.79. The van der Waals surface area contributed by atoms with Crippen molar-refractivity contribution in [2.45, 2.75) is 12.4 Å². The van der Waals surface area contributed by atoms with Crippen LogP contribution in [0.15, 0.2) is 24.3 Å². The molecule has 2 N–H and O–H groups in total. The van der Waals surface area contributed by atoms with Gasteiger partial charge in [-0.2, -0.15) is 8.42 Å². The highest BCUT2D eigenvalue weighted by Gasteiger charge is 2.21. The molecule has 0 saturated carbocycles. The summed E-state index contributed by atoms with van der Waals surface area (Å²) in [6.07, 6.45) is 0. The largest absolute Gasteiger partial charge is 0.411 e. The van der Waals surface area contributed by atoms with Crippen LogP contribution in [0.5, 0.6) is 5.75 Å². The Morgan fingerprint density at radius 2 is 2.05 bits per heavy atom. The Balaban J connectivity index is 2.70. The number of benzene rings is 1. The number of carbonyl (C=O) groups is 1. The third-order valence-corrected chi connectivity index (χ3v) is 3.17. The molecule has 0 radical (unpaired) electrons. The number of nitro benzene ring substituents is 1. The Morgan fingerprint density at radius 3 is 2.60 bits per heavy atom. The van der Waals surface area contributed by atoms with Crippen LogP contribution >= 0.6 is 11.8 Å². The fourth-order valence-corrected chi connectivity index (χ4v) is 2.42. The number of thioether (sulfide) groups is 1. The standard InChI is InChI=1S/C9H10N2O7S2/c1-6(18-20(10,15)16)19-9(12)17-8-5-3-2-4-7(8)11(13)14/h2-6H,1H3,(H2,10,15,16). The topological polar surface area (TPSA) is 139 Å². The molecule has 1 unspecified atom stereocenters. The lowest BCUT2D eigenvalue weighted by Gasteiger charge is -2.09. The first-order chi connectivity index (χ1) is 9.19. The number of para-hydroxylation sites is 2. The number of rotatable bonds is 5. The first-order valence-corrected chi connectivity index (χ1v) is 7.37. The van der Waals surface area contributed by atoms with Gasteiger partial charge in [0.15, 0.2) is 0 Å². The zero-order chi connectivity index (χ0) is 15.3. The summed E-state index contributed by atoms with van der Waals surface area (Å²) in [4.78, 5) is 21.5. The second-order valence-electron chi connectivity index (χ2n) is 3.35. The molecule has 0 aliphatic rings. The second kappa shape index (κ2) is 6.65. The average molecular weight is 322 g/mol. The number of nitrogens with two attached hydrogens (primary N) is 1. The summed E-state index contributed by atoms with van der Waals surface area (Å²) >= 11 is 0.377. The fourth-order valence-electron chi connectivity index (χ4n) is 1.15. The average Bonchev–Trinajstić information content (AvgIpc) is 2.26. The summed E-state index contributed by atoms with van der Waals surface area (Å²) in [5.74, 6) is -0.252. The Labute approximate surface area is 118 Å². The van der Waals surface area contributed by atoms with Crippen LogP contribution < -0.4 is 9.88 Å². The molecule has 0 heterocycles. The number of nitrogens with zero attached hydrogens (tertiary/aromatic N) is 1. The van der Waals surface area contributed by atoms with Gasteiger partial charge in [0.2, 0.25) is 5.75 Å². The van der Waals surface area contributed by atoms with E-state index in [1.54, 1.807) is 0 Å². The first kappa shape index (κ1) is 16.4. The highest BCUT2D eigenvalue weighted by molar-refractivity contribution is 8.13. The molecule has 0 fully saturated rings. The Hall–Kier alpha value is -1.69. The number of carbonyl (C=O) groups excluding carboxylic acids is 1. The molecular weight excluding hydrogens is 312 g/mol. The monoisotopic (exact) mass is 322 g/mol. The van der Waals surface area contributed by atoms with Crippen LogP contribution in [0.4, 0.5) is 10.5 Å². The number of hydrogen-bond acceptors (Lipinski definition) is 8.